The summed E-state index contributed by atoms with van der Waals surface area (Å²) in [6.07, 6.45) is 4.66. The fraction of sp³-hybridized carbons (Fsp3) is 0.450. The number of nitrogens with two attached hydrogens (primary N) is 1. The van der Waals surface area contributed by atoms with Crippen LogP contribution >= 0.6 is 0 Å². The Morgan fingerprint density at radius 1 is 1.26 bits per heavy atom. The average Bonchev–Trinajstić information content (AvgIpc) is 2.99. The van der Waals surface area contributed by atoms with E-state index in [0.717, 1.165) is 48.5 Å². The van der Waals surface area contributed by atoms with Gasteiger partial charge in [-0.3, -0.25) is 4.79 Å². The van der Waals surface area contributed by atoms with E-state index in [0.29, 0.717) is 23.7 Å². The molecular formula is C20H24N4O3. The first-order valence-electron chi connectivity index (χ1n) is 9.36. The summed E-state index contributed by atoms with van der Waals surface area (Å²) in [4.78, 5) is 20.4. The first kappa shape index (κ1) is 17.7. The van der Waals surface area contributed by atoms with Gasteiger partial charge in [0.25, 0.3) is 0 Å². The molecule has 0 unspecified atom stereocenters. The predicted molar refractivity (Wildman–Crippen MR) is 103 cm³/mol. The molecule has 3 aromatic rings. The zero-order valence-corrected chi connectivity index (χ0v) is 15.4. The molecule has 0 spiro atoms. The van der Waals surface area contributed by atoms with Gasteiger partial charge in [0.05, 0.1) is 23.2 Å². The number of carbonyl (C=O) groups excluding carboxylic acids is 1. The van der Waals surface area contributed by atoms with Crippen LogP contribution in [0.1, 0.15) is 44.9 Å². The molecule has 7 heteroatoms. The van der Waals surface area contributed by atoms with Crippen LogP contribution in [0.4, 0.5) is 5.82 Å². The van der Waals surface area contributed by atoms with Crippen molar-refractivity contribution in [3.63, 3.8) is 0 Å². The van der Waals surface area contributed by atoms with E-state index in [1.54, 1.807) is 0 Å². The maximum absolute atomic E-state index is 11.3. The number of para-hydroxylation sites is 1. The number of aliphatic hydroxyl groups is 1. The number of hydrogen-bond acceptors (Lipinski definition) is 6. The van der Waals surface area contributed by atoms with E-state index in [1.807, 2.05) is 28.8 Å². The van der Waals surface area contributed by atoms with Crippen LogP contribution in [-0.4, -0.2) is 31.2 Å². The highest BCUT2D eigenvalue weighted by Gasteiger charge is 2.32. The van der Waals surface area contributed by atoms with E-state index >= 15 is 0 Å². The normalized spacial score (nSPS) is 16.7. The molecule has 1 saturated carbocycles. The van der Waals surface area contributed by atoms with Crippen molar-refractivity contribution in [2.24, 2.45) is 0 Å². The lowest BCUT2D eigenvalue weighted by Crippen LogP contribution is -2.36. The van der Waals surface area contributed by atoms with Gasteiger partial charge in [0, 0.05) is 12.3 Å². The summed E-state index contributed by atoms with van der Waals surface area (Å²) in [7, 11) is 0. The van der Waals surface area contributed by atoms with Gasteiger partial charge in [-0.15, -0.1) is 0 Å². The minimum Gasteiger partial charge on any atom is -0.458 e. The zero-order valence-electron chi connectivity index (χ0n) is 15.4. The first-order chi connectivity index (χ1) is 13.0. The van der Waals surface area contributed by atoms with Gasteiger partial charge < -0.3 is 20.1 Å². The summed E-state index contributed by atoms with van der Waals surface area (Å²) in [5.41, 5.74) is 7.56. The Labute approximate surface area is 157 Å². The molecule has 2 heterocycles. The van der Waals surface area contributed by atoms with E-state index in [2.05, 4.69) is 9.97 Å². The minimum atomic E-state index is -0.796. The van der Waals surface area contributed by atoms with Crippen molar-refractivity contribution >= 4 is 33.7 Å². The highest BCUT2D eigenvalue weighted by molar-refractivity contribution is 6.06. The fourth-order valence-corrected chi connectivity index (χ4v) is 4.01. The molecule has 142 valence electrons. The topological polar surface area (TPSA) is 103 Å². The van der Waals surface area contributed by atoms with E-state index in [4.69, 9.17) is 10.5 Å². The minimum absolute atomic E-state index is 0.0356. The fourth-order valence-electron chi connectivity index (χ4n) is 4.01. The molecule has 0 aliphatic heterocycles. The van der Waals surface area contributed by atoms with Crippen LogP contribution in [-0.2, 0) is 22.7 Å². The highest BCUT2D eigenvalue weighted by atomic mass is 16.5. The second-order valence-electron chi connectivity index (χ2n) is 7.39. The van der Waals surface area contributed by atoms with Crippen molar-refractivity contribution in [1.82, 2.24) is 14.5 Å². The number of nitrogens with zero attached hydrogens (tertiary/aromatic N) is 3. The number of hydrogen-bond donors (Lipinski definition) is 2. The van der Waals surface area contributed by atoms with Crippen molar-refractivity contribution in [3.05, 3.63) is 30.1 Å². The Morgan fingerprint density at radius 3 is 2.74 bits per heavy atom. The van der Waals surface area contributed by atoms with Crippen LogP contribution in [0.3, 0.4) is 0 Å². The Hall–Kier alpha value is -2.67. The van der Waals surface area contributed by atoms with Gasteiger partial charge in [-0.1, -0.05) is 37.5 Å². The molecule has 2 aromatic heterocycles. The second kappa shape index (κ2) is 6.81. The van der Waals surface area contributed by atoms with Crippen LogP contribution in [0.25, 0.3) is 21.9 Å². The SMILES string of the molecule is CC(=O)OCc1nc2c(N)nc3ccccc3c2n1CC1(O)CCCCC1. The molecule has 1 aromatic carbocycles. The molecule has 0 bridgehead atoms. The van der Waals surface area contributed by atoms with Crippen molar-refractivity contribution in [2.75, 3.05) is 5.73 Å². The van der Waals surface area contributed by atoms with Gasteiger partial charge in [0.1, 0.15) is 17.9 Å². The third-order valence-corrected chi connectivity index (χ3v) is 5.33. The van der Waals surface area contributed by atoms with Crippen molar-refractivity contribution in [3.8, 4) is 0 Å². The van der Waals surface area contributed by atoms with E-state index in [-0.39, 0.29) is 12.6 Å². The monoisotopic (exact) mass is 368 g/mol. The third kappa shape index (κ3) is 3.35. The maximum Gasteiger partial charge on any atom is 0.303 e. The van der Waals surface area contributed by atoms with Crippen LogP contribution in [0.5, 0.6) is 0 Å². The number of anilines is 1. The van der Waals surface area contributed by atoms with Crippen LogP contribution < -0.4 is 5.73 Å². The molecule has 1 aliphatic rings. The highest BCUT2D eigenvalue weighted by Crippen LogP contribution is 2.34. The molecule has 4 rings (SSSR count). The Balaban J connectivity index is 1.91. The van der Waals surface area contributed by atoms with E-state index < -0.39 is 5.60 Å². The van der Waals surface area contributed by atoms with Crippen molar-refractivity contribution in [2.45, 2.75) is 57.8 Å². The molecule has 0 atom stereocenters. The second-order valence-corrected chi connectivity index (χ2v) is 7.39. The van der Waals surface area contributed by atoms with Crippen LogP contribution in [0.15, 0.2) is 24.3 Å². The largest absolute Gasteiger partial charge is 0.458 e. The van der Waals surface area contributed by atoms with E-state index in [1.165, 1.54) is 6.92 Å². The van der Waals surface area contributed by atoms with Gasteiger partial charge in [0.2, 0.25) is 0 Å². The van der Waals surface area contributed by atoms with Crippen LogP contribution in [0.2, 0.25) is 0 Å². The standard InChI is InChI=1S/C20H24N4O3/c1-13(25)27-11-16-23-17-18(14-7-3-4-8-15(14)22-19(17)21)24(16)12-20(26)9-5-2-6-10-20/h3-4,7-8,26H,2,5-6,9-12H2,1H3,(H2,21,22). The maximum atomic E-state index is 11.3. The number of pyridine rings is 1. The molecule has 0 amide bonds. The summed E-state index contributed by atoms with van der Waals surface area (Å²) in [6, 6.07) is 7.74. The van der Waals surface area contributed by atoms with Crippen molar-refractivity contribution in [1.29, 1.82) is 0 Å². The number of esters is 1. The van der Waals surface area contributed by atoms with Gasteiger partial charge in [-0.25, -0.2) is 9.97 Å². The number of carbonyl (C=O) groups is 1. The predicted octanol–water partition coefficient (Wildman–Crippen LogP) is 2.93. The van der Waals surface area contributed by atoms with Crippen molar-refractivity contribution < 1.29 is 14.6 Å². The Bertz CT molecular complexity index is 1010. The lowest BCUT2D eigenvalue weighted by Gasteiger charge is -2.33. The van der Waals surface area contributed by atoms with Gasteiger partial charge in [-0.2, -0.15) is 0 Å². The van der Waals surface area contributed by atoms with Gasteiger partial charge in [0.15, 0.2) is 5.82 Å². The zero-order chi connectivity index (χ0) is 19.0. The third-order valence-electron chi connectivity index (χ3n) is 5.33. The number of ether oxygens (including phenoxy) is 1. The van der Waals surface area contributed by atoms with Crippen LogP contribution in [0, 0.1) is 0 Å². The molecule has 1 fully saturated rings. The molecule has 3 N–H and O–H groups in total. The number of imidazole rings is 1. The summed E-state index contributed by atoms with van der Waals surface area (Å²) in [5, 5.41) is 12.1. The lowest BCUT2D eigenvalue weighted by atomic mass is 9.85. The summed E-state index contributed by atoms with van der Waals surface area (Å²) < 4.78 is 7.17. The summed E-state index contributed by atoms with van der Waals surface area (Å²) in [5.74, 6) is 0.534. The molecular weight excluding hydrogens is 344 g/mol. The molecule has 0 radical (unpaired) electrons. The number of rotatable bonds is 4. The quantitative estimate of drug-likeness (QED) is 0.686. The summed E-state index contributed by atoms with van der Waals surface area (Å²) in [6.45, 7) is 1.80. The number of fused-ring (bicyclic) bond motifs is 3. The smallest absolute Gasteiger partial charge is 0.303 e. The Morgan fingerprint density at radius 2 is 2.00 bits per heavy atom. The number of nitrogen functional groups attached to an aromatic ring is 1. The first-order valence-corrected chi connectivity index (χ1v) is 9.36. The summed E-state index contributed by atoms with van der Waals surface area (Å²) >= 11 is 0. The van der Waals surface area contributed by atoms with E-state index in [9.17, 15) is 9.90 Å². The average molecular weight is 368 g/mol. The molecule has 27 heavy (non-hydrogen) atoms. The molecule has 0 saturated heterocycles. The number of benzene rings is 1. The van der Waals surface area contributed by atoms with Gasteiger partial charge >= 0.3 is 5.97 Å². The van der Waals surface area contributed by atoms with Gasteiger partial charge in [-0.05, 0) is 18.9 Å². The Kier molecular flexibility index (Phi) is 4.47. The molecule has 7 nitrogen and oxygen atoms in total. The number of aromatic nitrogens is 3. The lowest BCUT2D eigenvalue weighted by molar-refractivity contribution is -0.142. The molecule has 1 aliphatic carbocycles.